The van der Waals surface area contributed by atoms with Gasteiger partial charge in [-0.05, 0) is 32.4 Å². The van der Waals surface area contributed by atoms with Crippen molar-refractivity contribution in [3.05, 3.63) is 24.0 Å². The summed E-state index contributed by atoms with van der Waals surface area (Å²) in [7, 11) is 0. The van der Waals surface area contributed by atoms with E-state index in [0.29, 0.717) is 13.2 Å². The number of ether oxygens (including phenoxy) is 1. The number of nitrogens with one attached hydrogen (secondary N) is 1. The van der Waals surface area contributed by atoms with Gasteiger partial charge in [-0.25, -0.2) is 0 Å². The summed E-state index contributed by atoms with van der Waals surface area (Å²) in [5, 5.41) is 3.17. The number of nitrogens with zero attached hydrogens (tertiary/aromatic N) is 1. The molecule has 1 unspecified atom stereocenters. The average molecular weight is 238 g/mol. The molecule has 0 fully saturated rings. The first-order chi connectivity index (χ1) is 8.19. The molecule has 0 saturated heterocycles. The zero-order valence-electron chi connectivity index (χ0n) is 10.9. The van der Waals surface area contributed by atoms with E-state index in [4.69, 9.17) is 4.74 Å². The average Bonchev–Trinajstić information content (AvgIpc) is 2.74. The normalized spacial score (nSPS) is 12.4. The van der Waals surface area contributed by atoms with Gasteiger partial charge >= 0.3 is 5.97 Å². The van der Waals surface area contributed by atoms with Crippen molar-refractivity contribution in [2.45, 2.75) is 46.3 Å². The van der Waals surface area contributed by atoms with Gasteiger partial charge in [0.2, 0.25) is 0 Å². The van der Waals surface area contributed by atoms with Crippen molar-refractivity contribution in [1.82, 2.24) is 9.88 Å². The van der Waals surface area contributed by atoms with E-state index >= 15 is 0 Å². The molecule has 0 radical (unpaired) electrons. The van der Waals surface area contributed by atoms with Crippen LogP contribution in [0.5, 0.6) is 0 Å². The molecule has 1 aromatic heterocycles. The van der Waals surface area contributed by atoms with E-state index < -0.39 is 0 Å². The zero-order valence-corrected chi connectivity index (χ0v) is 10.9. The van der Waals surface area contributed by atoms with Crippen molar-refractivity contribution in [2.24, 2.45) is 0 Å². The number of hydrogen-bond acceptors (Lipinski definition) is 3. The molecule has 1 atom stereocenters. The largest absolute Gasteiger partial charge is 0.465 e. The molecule has 1 heterocycles. The molecular weight excluding hydrogens is 216 g/mol. The number of esters is 1. The van der Waals surface area contributed by atoms with Gasteiger partial charge in [-0.15, -0.1) is 0 Å². The van der Waals surface area contributed by atoms with Crippen LogP contribution in [0.15, 0.2) is 18.3 Å². The van der Waals surface area contributed by atoms with E-state index in [0.717, 1.165) is 13.0 Å². The summed E-state index contributed by atoms with van der Waals surface area (Å²) in [4.78, 5) is 11.4. The smallest absolute Gasteiger partial charge is 0.322 e. The fraction of sp³-hybridized carbons (Fsp3) is 0.615. The lowest BCUT2D eigenvalue weighted by Gasteiger charge is -2.14. The second kappa shape index (κ2) is 7.12. The molecule has 0 spiro atoms. The van der Waals surface area contributed by atoms with E-state index in [9.17, 15) is 4.79 Å². The molecule has 0 saturated carbocycles. The molecule has 17 heavy (non-hydrogen) atoms. The summed E-state index contributed by atoms with van der Waals surface area (Å²) >= 11 is 0. The van der Waals surface area contributed by atoms with Gasteiger partial charge in [0.25, 0.3) is 0 Å². The first kappa shape index (κ1) is 13.8. The predicted molar refractivity (Wildman–Crippen MR) is 67.7 cm³/mol. The first-order valence-electron chi connectivity index (χ1n) is 6.23. The number of aromatic nitrogens is 1. The summed E-state index contributed by atoms with van der Waals surface area (Å²) in [5.74, 6) is -0.193. The third kappa shape index (κ3) is 4.23. The third-order valence-electron chi connectivity index (χ3n) is 2.62. The Bertz CT molecular complexity index is 347. The minimum absolute atomic E-state index is 0.193. The Labute approximate surface area is 103 Å². The predicted octanol–water partition coefficient (Wildman–Crippen LogP) is 1.94. The number of rotatable bonds is 7. The Hall–Kier alpha value is -1.29. The van der Waals surface area contributed by atoms with Gasteiger partial charge in [-0.1, -0.05) is 6.92 Å². The lowest BCUT2D eigenvalue weighted by molar-refractivity contribution is -0.145. The Morgan fingerprint density at radius 2 is 2.29 bits per heavy atom. The number of carbonyl (C=O) groups is 1. The summed E-state index contributed by atoms with van der Waals surface area (Å²) in [5.41, 5.74) is 1.20. The number of aryl methyl sites for hydroxylation is 1. The van der Waals surface area contributed by atoms with Crippen LogP contribution in [0.25, 0.3) is 0 Å². The van der Waals surface area contributed by atoms with Gasteiger partial charge in [-0.2, -0.15) is 0 Å². The third-order valence-corrected chi connectivity index (χ3v) is 2.62. The monoisotopic (exact) mass is 238 g/mol. The minimum Gasteiger partial charge on any atom is -0.465 e. The highest BCUT2D eigenvalue weighted by Gasteiger charge is 2.13. The second-order valence-electron chi connectivity index (χ2n) is 4.05. The summed E-state index contributed by atoms with van der Waals surface area (Å²) < 4.78 is 7.14. The van der Waals surface area contributed by atoms with Crippen molar-refractivity contribution in [3.8, 4) is 0 Å². The molecule has 4 nitrogen and oxygen atoms in total. The maximum absolute atomic E-state index is 11.4. The highest BCUT2D eigenvalue weighted by molar-refractivity contribution is 5.75. The molecule has 1 aromatic rings. The standard InChI is InChI=1S/C13H22N2O2/c1-4-8-15-9-6-7-12(15)10-14-11(3)13(16)17-5-2/h6-7,9,11,14H,4-5,8,10H2,1-3H3. The summed E-state index contributed by atoms with van der Waals surface area (Å²) in [6.45, 7) is 7.92. The Morgan fingerprint density at radius 3 is 2.94 bits per heavy atom. The van der Waals surface area contributed by atoms with Crippen LogP contribution in [0.3, 0.4) is 0 Å². The first-order valence-corrected chi connectivity index (χ1v) is 6.23. The van der Waals surface area contributed by atoms with E-state index in [2.05, 4.69) is 29.1 Å². The molecule has 0 amide bonds. The van der Waals surface area contributed by atoms with Gasteiger partial charge in [0.15, 0.2) is 0 Å². The van der Waals surface area contributed by atoms with Gasteiger partial charge < -0.3 is 9.30 Å². The quantitative estimate of drug-likeness (QED) is 0.738. The molecule has 4 heteroatoms. The molecule has 0 aromatic carbocycles. The van der Waals surface area contributed by atoms with Crippen LogP contribution in [0.4, 0.5) is 0 Å². The summed E-state index contributed by atoms with van der Waals surface area (Å²) in [6.07, 6.45) is 3.17. The molecule has 0 aliphatic carbocycles. The topological polar surface area (TPSA) is 43.3 Å². The summed E-state index contributed by atoms with van der Waals surface area (Å²) in [6, 6.07) is 3.84. The van der Waals surface area contributed by atoms with Crippen LogP contribution in [-0.4, -0.2) is 23.2 Å². The van der Waals surface area contributed by atoms with Crippen LogP contribution in [0.2, 0.25) is 0 Å². The SMILES string of the molecule is CCCn1cccc1CNC(C)C(=O)OCC. The van der Waals surface area contributed by atoms with Crippen LogP contribution >= 0.6 is 0 Å². The number of carbonyl (C=O) groups excluding carboxylic acids is 1. The molecule has 0 aliphatic heterocycles. The van der Waals surface area contributed by atoms with Crippen LogP contribution in [0.1, 0.15) is 32.9 Å². The Morgan fingerprint density at radius 1 is 1.53 bits per heavy atom. The van der Waals surface area contributed by atoms with E-state index in [1.807, 2.05) is 19.9 Å². The highest BCUT2D eigenvalue weighted by atomic mass is 16.5. The van der Waals surface area contributed by atoms with Crippen LogP contribution in [0, 0.1) is 0 Å². The van der Waals surface area contributed by atoms with E-state index in [1.165, 1.54) is 5.69 Å². The van der Waals surface area contributed by atoms with Crippen molar-refractivity contribution in [1.29, 1.82) is 0 Å². The van der Waals surface area contributed by atoms with Crippen molar-refractivity contribution in [3.63, 3.8) is 0 Å². The van der Waals surface area contributed by atoms with Gasteiger partial charge in [-0.3, -0.25) is 10.1 Å². The lowest BCUT2D eigenvalue weighted by atomic mass is 10.3. The van der Waals surface area contributed by atoms with E-state index in [-0.39, 0.29) is 12.0 Å². The minimum atomic E-state index is -0.264. The molecule has 96 valence electrons. The maximum Gasteiger partial charge on any atom is 0.322 e. The highest BCUT2D eigenvalue weighted by Crippen LogP contribution is 2.04. The fourth-order valence-corrected chi connectivity index (χ4v) is 1.68. The van der Waals surface area contributed by atoms with Gasteiger partial charge in [0.1, 0.15) is 6.04 Å². The maximum atomic E-state index is 11.4. The Kier molecular flexibility index (Phi) is 5.77. The zero-order chi connectivity index (χ0) is 12.7. The van der Waals surface area contributed by atoms with Crippen LogP contribution in [-0.2, 0) is 22.6 Å². The van der Waals surface area contributed by atoms with Crippen molar-refractivity contribution < 1.29 is 9.53 Å². The molecule has 1 rings (SSSR count). The lowest BCUT2D eigenvalue weighted by Crippen LogP contribution is -2.35. The van der Waals surface area contributed by atoms with E-state index in [1.54, 1.807) is 0 Å². The van der Waals surface area contributed by atoms with Crippen molar-refractivity contribution >= 4 is 5.97 Å². The molecule has 0 aliphatic rings. The van der Waals surface area contributed by atoms with Crippen molar-refractivity contribution in [2.75, 3.05) is 6.61 Å². The molecular formula is C13H22N2O2. The Balaban J connectivity index is 2.44. The fourth-order valence-electron chi connectivity index (χ4n) is 1.68. The van der Waals surface area contributed by atoms with Crippen LogP contribution < -0.4 is 5.32 Å². The second-order valence-corrected chi connectivity index (χ2v) is 4.05. The number of hydrogen-bond donors (Lipinski definition) is 1. The molecule has 1 N–H and O–H groups in total. The van der Waals surface area contributed by atoms with Gasteiger partial charge in [0, 0.05) is 25.0 Å². The molecule has 0 bridgehead atoms. The van der Waals surface area contributed by atoms with Gasteiger partial charge in [0.05, 0.1) is 6.61 Å².